The molecule has 2 aliphatic heterocycles. The molecule has 2 N–H and O–H groups in total. The average molecular weight is 610 g/mol. The number of hydrogen-bond acceptors (Lipinski definition) is 7. The van der Waals surface area contributed by atoms with Crippen LogP contribution in [0.1, 0.15) is 67.6 Å². The van der Waals surface area contributed by atoms with Gasteiger partial charge in [0.1, 0.15) is 18.3 Å². The van der Waals surface area contributed by atoms with Crippen molar-refractivity contribution in [3.8, 4) is 5.75 Å². The molecule has 5 rings (SSSR count). The highest BCUT2D eigenvalue weighted by Gasteiger charge is 2.36. The predicted molar refractivity (Wildman–Crippen MR) is 168 cm³/mol. The number of esters is 1. The molecule has 2 fully saturated rings. The number of nitrogens with one attached hydrogen (secondary N) is 2. The first-order chi connectivity index (χ1) is 20.4. The van der Waals surface area contributed by atoms with Gasteiger partial charge >= 0.3 is 5.97 Å². The number of carbonyl (C=O) groups is 3. The van der Waals surface area contributed by atoms with Crippen molar-refractivity contribution in [1.29, 1.82) is 0 Å². The molecule has 2 aliphatic rings. The highest BCUT2D eigenvalue weighted by Crippen LogP contribution is 2.39. The molecule has 1 aromatic heterocycles. The van der Waals surface area contributed by atoms with E-state index in [9.17, 15) is 14.4 Å². The van der Waals surface area contributed by atoms with Gasteiger partial charge in [-0.2, -0.15) is 0 Å². The third-order valence-electron chi connectivity index (χ3n) is 7.84. The maximum atomic E-state index is 13.3. The zero-order valence-electron chi connectivity index (χ0n) is 24.3. The quantitative estimate of drug-likeness (QED) is 0.197. The number of carbonyl (C=O) groups excluding carboxylic acids is 3. The maximum Gasteiger partial charge on any atom is 0.320 e. The molecule has 2 saturated heterocycles. The Balaban J connectivity index is 1.27. The van der Waals surface area contributed by atoms with Gasteiger partial charge in [-0.05, 0) is 85.7 Å². The summed E-state index contributed by atoms with van der Waals surface area (Å²) in [6.07, 6.45) is 6.12. The number of nitrogens with zero attached hydrogens (tertiary/aromatic N) is 1. The number of amides is 2. The van der Waals surface area contributed by atoms with Crippen LogP contribution in [0.15, 0.2) is 54.6 Å². The number of thiophene rings is 1. The van der Waals surface area contributed by atoms with E-state index in [0.717, 1.165) is 60.0 Å². The molecule has 10 heteroatoms. The Labute approximate surface area is 253 Å². The van der Waals surface area contributed by atoms with Gasteiger partial charge < -0.3 is 19.5 Å². The summed E-state index contributed by atoms with van der Waals surface area (Å²) in [6, 6.07) is 17.4. The highest BCUT2D eigenvalue weighted by atomic mass is 32.1. The van der Waals surface area contributed by atoms with E-state index < -0.39 is 14.3 Å². The van der Waals surface area contributed by atoms with Gasteiger partial charge in [-0.15, -0.1) is 11.3 Å². The molecule has 3 heterocycles. The Kier molecular flexibility index (Phi) is 10.5. The fourth-order valence-electron chi connectivity index (χ4n) is 5.71. The molecule has 3 unspecified atom stereocenters. The van der Waals surface area contributed by atoms with Crippen LogP contribution in [0.3, 0.4) is 0 Å². The molecule has 0 saturated carbocycles. The smallest absolute Gasteiger partial charge is 0.320 e. The summed E-state index contributed by atoms with van der Waals surface area (Å²) in [5.74, 6) is 0.842. The minimum atomic E-state index is -1.22. The van der Waals surface area contributed by atoms with Crippen molar-refractivity contribution < 1.29 is 23.6 Å². The van der Waals surface area contributed by atoms with Crippen LogP contribution < -0.4 is 14.9 Å². The van der Waals surface area contributed by atoms with Crippen molar-refractivity contribution in [1.82, 2.24) is 15.3 Å². The lowest BCUT2D eigenvalue weighted by atomic mass is 9.91. The molecule has 2 aromatic carbocycles. The summed E-state index contributed by atoms with van der Waals surface area (Å²) in [7, 11) is -1.22. The molecule has 0 bridgehead atoms. The molecule has 0 radical (unpaired) electrons. The Bertz CT molecular complexity index is 1380. The highest BCUT2D eigenvalue weighted by molar-refractivity contribution is 7.50. The first kappa shape index (κ1) is 30.5. The Morgan fingerprint density at radius 3 is 2.74 bits per heavy atom. The van der Waals surface area contributed by atoms with E-state index in [1.54, 1.807) is 0 Å². The number of fused-ring (bicyclic) bond motifs is 2. The maximum absolute atomic E-state index is 13.3. The fraction of sp³-hybridized carbons (Fsp3) is 0.469. The first-order valence-electron chi connectivity index (χ1n) is 14.9. The van der Waals surface area contributed by atoms with E-state index >= 15 is 0 Å². The Hall–Kier alpha value is -3.00. The van der Waals surface area contributed by atoms with Crippen molar-refractivity contribution in [2.75, 3.05) is 19.7 Å². The lowest BCUT2D eigenvalue weighted by molar-refractivity contribution is -0.142. The van der Waals surface area contributed by atoms with Gasteiger partial charge in [-0.3, -0.25) is 19.5 Å². The summed E-state index contributed by atoms with van der Waals surface area (Å²) in [6.45, 7) is 5.47. The van der Waals surface area contributed by atoms with Crippen molar-refractivity contribution in [2.45, 2.75) is 70.6 Å². The van der Waals surface area contributed by atoms with Crippen molar-refractivity contribution >= 4 is 47.5 Å². The topological polar surface area (TPSA) is 97.0 Å². The van der Waals surface area contributed by atoms with E-state index in [1.807, 2.05) is 60.4 Å². The largest absolute Gasteiger partial charge is 0.465 e. The molecule has 8 nitrogen and oxygen atoms in total. The summed E-state index contributed by atoms with van der Waals surface area (Å²) in [4.78, 5) is 41.4. The van der Waals surface area contributed by atoms with Gasteiger partial charge in [-0.25, -0.2) is 0 Å². The van der Waals surface area contributed by atoms with Crippen LogP contribution in [0.2, 0.25) is 0 Å². The van der Waals surface area contributed by atoms with Crippen molar-refractivity contribution in [2.24, 2.45) is 5.92 Å². The van der Waals surface area contributed by atoms with E-state index in [2.05, 4.69) is 23.4 Å². The monoisotopic (exact) mass is 609 g/mol. The third kappa shape index (κ3) is 7.88. The summed E-state index contributed by atoms with van der Waals surface area (Å²) < 4.78 is 12.5. The van der Waals surface area contributed by atoms with Gasteiger partial charge in [0.2, 0.25) is 5.91 Å². The zero-order valence-corrected chi connectivity index (χ0v) is 26.1. The molecule has 224 valence electrons. The van der Waals surface area contributed by atoms with E-state index in [1.165, 1.54) is 11.3 Å². The van der Waals surface area contributed by atoms with Crippen LogP contribution >= 0.6 is 19.6 Å². The predicted octanol–water partition coefficient (Wildman–Crippen LogP) is 6.24. The standard InChI is InChI=1S/C32H40N3O5PS/c1-3-16-39-30(36)20-33-41(40-26-9-5-4-6-10-26)21-23-12-14-28-24(18-23)19-29(42-28)31(37)34-27-13-11-22(2)17-25-8-7-15-35(25)32(27)38/h4-6,9-10,12,14,18-19,22,25,27,33H,3,7-8,11,13,15-17,20-21H2,1-2H3,(H,34,37)/t22?,25?,27-,41?/m0/s1. The molecule has 0 spiro atoms. The molecular weight excluding hydrogens is 569 g/mol. The third-order valence-corrected chi connectivity index (χ3v) is 10.6. The van der Waals surface area contributed by atoms with Crippen LogP contribution in [0, 0.1) is 5.92 Å². The Morgan fingerprint density at radius 1 is 1.10 bits per heavy atom. The minimum absolute atomic E-state index is 0.0685. The van der Waals surface area contributed by atoms with E-state index in [-0.39, 0.29) is 24.3 Å². The fourth-order valence-corrected chi connectivity index (χ4v) is 8.11. The second-order valence-electron chi connectivity index (χ2n) is 11.3. The molecular formula is C32H40N3O5PS. The van der Waals surface area contributed by atoms with Crippen LogP contribution in [0.5, 0.6) is 5.75 Å². The van der Waals surface area contributed by atoms with Gasteiger partial charge in [0, 0.05) is 23.4 Å². The summed E-state index contributed by atoms with van der Waals surface area (Å²) in [5.41, 5.74) is 1.04. The molecule has 3 aromatic rings. The van der Waals surface area contributed by atoms with Crippen molar-refractivity contribution in [3.63, 3.8) is 0 Å². The normalized spacial score (nSPS) is 21.3. The number of para-hydroxylation sites is 1. The summed E-state index contributed by atoms with van der Waals surface area (Å²) in [5, 5.41) is 7.29. The van der Waals surface area contributed by atoms with Crippen LogP contribution in [-0.2, 0) is 20.5 Å². The first-order valence-corrected chi connectivity index (χ1v) is 17.2. The van der Waals surface area contributed by atoms with Gasteiger partial charge in [0.15, 0.2) is 8.30 Å². The lowest BCUT2D eigenvalue weighted by Gasteiger charge is -2.34. The lowest BCUT2D eigenvalue weighted by Crippen LogP contribution is -2.51. The van der Waals surface area contributed by atoms with Crippen LogP contribution in [0.4, 0.5) is 0 Å². The number of rotatable bonds is 11. The number of hydrogen-bond donors (Lipinski definition) is 2. The van der Waals surface area contributed by atoms with Gasteiger partial charge in [0.25, 0.3) is 5.91 Å². The average Bonchev–Trinajstić information content (AvgIpc) is 3.63. The van der Waals surface area contributed by atoms with Crippen molar-refractivity contribution in [3.05, 3.63) is 65.0 Å². The Morgan fingerprint density at radius 2 is 1.93 bits per heavy atom. The minimum Gasteiger partial charge on any atom is -0.465 e. The number of ether oxygens (including phenoxy) is 1. The molecule has 4 atom stereocenters. The van der Waals surface area contributed by atoms with Crippen LogP contribution in [-0.4, -0.2) is 54.5 Å². The molecule has 2 amide bonds. The molecule has 0 aliphatic carbocycles. The SMILES string of the molecule is CCCOC(=O)CNP(Cc1ccc2sc(C(=O)N[C@H]3CCC(C)CC4CCCN4C3=O)cc2c1)Oc1ccccc1. The second-order valence-corrected chi connectivity index (χ2v) is 13.9. The zero-order chi connectivity index (χ0) is 29.5. The van der Waals surface area contributed by atoms with E-state index in [4.69, 9.17) is 9.26 Å². The van der Waals surface area contributed by atoms with Gasteiger partial charge in [0.05, 0.1) is 11.5 Å². The second kappa shape index (κ2) is 14.5. The number of benzene rings is 2. The van der Waals surface area contributed by atoms with Crippen LogP contribution in [0.25, 0.3) is 10.1 Å². The van der Waals surface area contributed by atoms with Gasteiger partial charge in [-0.1, -0.05) is 38.1 Å². The van der Waals surface area contributed by atoms with E-state index in [0.29, 0.717) is 36.0 Å². The molecule has 42 heavy (non-hydrogen) atoms. The summed E-state index contributed by atoms with van der Waals surface area (Å²) >= 11 is 1.44.